The zero-order valence-electron chi connectivity index (χ0n) is 17.5. The van der Waals surface area contributed by atoms with Gasteiger partial charge in [-0.15, -0.1) is 0 Å². The number of ether oxygens (including phenoxy) is 4. The Kier molecular flexibility index (Phi) is 6.84. The first kappa shape index (κ1) is 22.3. The molecule has 2 aliphatic rings. The molecule has 0 bridgehead atoms. The zero-order valence-corrected chi connectivity index (χ0v) is 17.5. The molecule has 1 aromatic carbocycles. The number of hydrogen-bond acceptors (Lipinski definition) is 8. The molecule has 166 valence electrons. The SMILES string of the molecule is CCOC(=O)[C@H]1[C@H]2C(=O)N(Cc3ccc(OC)cc3OC)CC[C@@]2(CO)O[C@@H]1CO. The lowest BCUT2D eigenvalue weighted by Gasteiger charge is -2.42. The Balaban J connectivity index is 1.90. The fourth-order valence-electron chi connectivity index (χ4n) is 4.45. The molecule has 2 aliphatic heterocycles. The van der Waals surface area contributed by atoms with E-state index in [1.54, 1.807) is 38.2 Å². The van der Waals surface area contributed by atoms with Crippen LogP contribution < -0.4 is 9.47 Å². The molecule has 1 amide bonds. The van der Waals surface area contributed by atoms with Crippen LogP contribution in [0.5, 0.6) is 11.5 Å². The van der Waals surface area contributed by atoms with E-state index in [-0.39, 0.29) is 19.1 Å². The van der Waals surface area contributed by atoms with Gasteiger partial charge in [-0.1, -0.05) is 0 Å². The van der Waals surface area contributed by atoms with E-state index >= 15 is 0 Å². The average Bonchev–Trinajstić information content (AvgIpc) is 3.12. The van der Waals surface area contributed by atoms with Crippen LogP contribution in [0.2, 0.25) is 0 Å². The van der Waals surface area contributed by atoms with Gasteiger partial charge < -0.3 is 34.1 Å². The summed E-state index contributed by atoms with van der Waals surface area (Å²) in [6.45, 7) is 1.55. The number of carbonyl (C=O) groups is 2. The average molecular weight is 423 g/mol. The highest BCUT2D eigenvalue weighted by molar-refractivity contribution is 5.88. The number of esters is 1. The maximum atomic E-state index is 13.5. The molecule has 0 aliphatic carbocycles. The Bertz CT molecular complexity index is 784. The first-order valence-corrected chi connectivity index (χ1v) is 10.0. The number of methoxy groups -OCH3 is 2. The van der Waals surface area contributed by atoms with E-state index in [0.29, 0.717) is 24.5 Å². The van der Waals surface area contributed by atoms with Gasteiger partial charge in [0.2, 0.25) is 5.91 Å². The molecule has 2 saturated heterocycles. The highest BCUT2D eigenvalue weighted by Gasteiger charge is 2.63. The number of likely N-dealkylation sites (tertiary alicyclic amines) is 1. The van der Waals surface area contributed by atoms with Gasteiger partial charge in [0.1, 0.15) is 17.1 Å². The highest BCUT2D eigenvalue weighted by atomic mass is 16.6. The van der Waals surface area contributed by atoms with Crippen molar-refractivity contribution in [1.29, 1.82) is 0 Å². The second-order valence-electron chi connectivity index (χ2n) is 7.50. The molecule has 0 aromatic heterocycles. The Hall–Kier alpha value is -2.36. The Morgan fingerprint density at radius 1 is 1.30 bits per heavy atom. The van der Waals surface area contributed by atoms with Crippen molar-refractivity contribution in [2.45, 2.75) is 31.6 Å². The molecule has 2 heterocycles. The molecule has 3 rings (SSSR count). The molecule has 4 atom stereocenters. The third kappa shape index (κ3) is 3.84. The third-order valence-corrected chi connectivity index (χ3v) is 5.96. The summed E-state index contributed by atoms with van der Waals surface area (Å²) in [7, 11) is 3.10. The van der Waals surface area contributed by atoms with Crippen molar-refractivity contribution in [3.63, 3.8) is 0 Å². The van der Waals surface area contributed by atoms with Crippen LogP contribution in [0.3, 0.4) is 0 Å². The molecule has 1 aromatic rings. The number of amides is 1. The lowest BCUT2D eigenvalue weighted by molar-refractivity contribution is -0.163. The summed E-state index contributed by atoms with van der Waals surface area (Å²) in [4.78, 5) is 27.7. The molecule has 9 heteroatoms. The molecule has 0 saturated carbocycles. The number of nitrogens with zero attached hydrogens (tertiary/aromatic N) is 1. The van der Waals surface area contributed by atoms with Crippen molar-refractivity contribution >= 4 is 11.9 Å². The molecule has 2 N–H and O–H groups in total. The van der Waals surface area contributed by atoms with Crippen LogP contribution in [-0.2, 0) is 25.6 Å². The summed E-state index contributed by atoms with van der Waals surface area (Å²) in [5.41, 5.74) is -0.420. The predicted molar refractivity (Wildman–Crippen MR) is 105 cm³/mol. The minimum Gasteiger partial charge on any atom is -0.497 e. The largest absolute Gasteiger partial charge is 0.497 e. The zero-order chi connectivity index (χ0) is 21.9. The summed E-state index contributed by atoms with van der Waals surface area (Å²) in [5.74, 6) is -1.61. The van der Waals surface area contributed by atoms with E-state index in [2.05, 4.69) is 0 Å². The normalized spacial score (nSPS) is 28.2. The summed E-state index contributed by atoms with van der Waals surface area (Å²) in [6, 6.07) is 5.35. The Morgan fingerprint density at radius 2 is 2.07 bits per heavy atom. The number of carbonyl (C=O) groups excluding carboxylic acids is 2. The van der Waals surface area contributed by atoms with Gasteiger partial charge in [-0.2, -0.15) is 0 Å². The molecule has 2 fully saturated rings. The van der Waals surface area contributed by atoms with Crippen LogP contribution in [0.25, 0.3) is 0 Å². The van der Waals surface area contributed by atoms with Gasteiger partial charge in [0.15, 0.2) is 0 Å². The van der Waals surface area contributed by atoms with Crippen molar-refractivity contribution in [3.8, 4) is 11.5 Å². The van der Waals surface area contributed by atoms with Crippen LogP contribution in [0.4, 0.5) is 0 Å². The highest BCUT2D eigenvalue weighted by Crippen LogP contribution is 2.47. The molecular formula is C21H29NO8. The molecule has 0 unspecified atom stereocenters. The second kappa shape index (κ2) is 9.20. The molecule has 30 heavy (non-hydrogen) atoms. The van der Waals surface area contributed by atoms with Gasteiger partial charge in [0.05, 0.1) is 52.0 Å². The van der Waals surface area contributed by atoms with Crippen molar-refractivity contribution in [3.05, 3.63) is 23.8 Å². The van der Waals surface area contributed by atoms with Gasteiger partial charge in [0.25, 0.3) is 0 Å². The number of rotatable bonds is 8. The van der Waals surface area contributed by atoms with Gasteiger partial charge in [-0.3, -0.25) is 9.59 Å². The minimum absolute atomic E-state index is 0.146. The van der Waals surface area contributed by atoms with Crippen molar-refractivity contribution in [2.24, 2.45) is 11.8 Å². The van der Waals surface area contributed by atoms with E-state index in [4.69, 9.17) is 18.9 Å². The predicted octanol–water partition coefficient (Wildman–Crippen LogP) is 0.354. The molecule has 0 spiro atoms. The summed E-state index contributed by atoms with van der Waals surface area (Å²) in [6.07, 6.45) is -0.564. The van der Waals surface area contributed by atoms with Crippen LogP contribution in [0.15, 0.2) is 18.2 Å². The van der Waals surface area contributed by atoms with E-state index in [1.807, 2.05) is 6.07 Å². The van der Waals surface area contributed by atoms with Crippen molar-refractivity contribution < 1.29 is 38.7 Å². The van der Waals surface area contributed by atoms with E-state index in [9.17, 15) is 19.8 Å². The summed E-state index contributed by atoms with van der Waals surface area (Å²) >= 11 is 0. The van der Waals surface area contributed by atoms with Crippen LogP contribution in [0, 0.1) is 11.8 Å². The third-order valence-electron chi connectivity index (χ3n) is 5.96. The van der Waals surface area contributed by atoms with Crippen LogP contribution in [-0.4, -0.2) is 79.3 Å². The minimum atomic E-state index is -1.21. The van der Waals surface area contributed by atoms with Gasteiger partial charge in [0, 0.05) is 24.7 Å². The van der Waals surface area contributed by atoms with Crippen molar-refractivity contribution in [2.75, 3.05) is 40.6 Å². The van der Waals surface area contributed by atoms with E-state index in [0.717, 1.165) is 5.56 Å². The van der Waals surface area contributed by atoms with E-state index in [1.165, 1.54) is 0 Å². The lowest BCUT2D eigenvalue weighted by Crippen LogP contribution is -2.57. The maximum Gasteiger partial charge on any atom is 0.312 e. The fourth-order valence-corrected chi connectivity index (χ4v) is 4.45. The van der Waals surface area contributed by atoms with Crippen LogP contribution >= 0.6 is 0 Å². The molecular weight excluding hydrogens is 394 g/mol. The number of benzene rings is 1. The number of piperidine rings is 1. The monoisotopic (exact) mass is 423 g/mol. The number of aliphatic hydroxyl groups is 2. The summed E-state index contributed by atoms with van der Waals surface area (Å²) < 4.78 is 21.7. The van der Waals surface area contributed by atoms with E-state index < -0.39 is 42.7 Å². The lowest BCUT2D eigenvalue weighted by atomic mass is 9.74. The first-order valence-electron chi connectivity index (χ1n) is 10.0. The number of aliphatic hydroxyl groups excluding tert-OH is 2. The molecule has 0 radical (unpaired) electrons. The number of hydrogen-bond donors (Lipinski definition) is 2. The Morgan fingerprint density at radius 3 is 2.67 bits per heavy atom. The Labute approximate surface area is 175 Å². The smallest absolute Gasteiger partial charge is 0.312 e. The van der Waals surface area contributed by atoms with Crippen molar-refractivity contribution in [1.82, 2.24) is 4.90 Å². The van der Waals surface area contributed by atoms with Gasteiger partial charge in [-0.25, -0.2) is 0 Å². The van der Waals surface area contributed by atoms with Gasteiger partial charge >= 0.3 is 5.97 Å². The topological polar surface area (TPSA) is 115 Å². The van der Waals surface area contributed by atoms with Gasteiger partial charge in [-0.05, 0) is 25.5 Å². The number of fused-ring (bicyclic) bond motifs is 1. The fraction of sp³-hybridized carbons (Fsp3) is 0.619. The van der Waals surface area contributed by atoms with Crippen LogP contribution in [0.1, 0.15) is 18.9 Å². The molecule has 9 nitrogen and oxygen atoms in total. The maximum absolute atomic E-state index is 13.5. The first-order chi connectivity index (χ1) is 14.4. The quantitative estimate of drug-likeness (QED) is 0.576. The summed E-state index contributed by atoms with van der Waals surface area (Å²) in [5, 5.41) is 19.8. The second-order valence-corrected chi connectivity index (χ2v) is 7.50. The standard InChI is InChI=1S/C21H29NO8/c1-4-29-20(26)17-16(11-23)30-21(12-24)7-8-22(19(25)18(17)21)10-13-5-6-14(27-2)9-15(13)28-3/h5-6,9,16-18,23-24H,4,7-8,10-12H2,1-3H3/t16-,17-,18+,21+/m1/s1.